The Kier molecular flexibility index (Phi) is 2.95. The smallest absolute Gasteiger partial charge is 0.250 e. The number of hydrogen-bond donors (Lipinski definition) is 1. The lowest BCUT2D eigenvalue weighted by Gasteiger charge is -2.04. The molecule has 0 aliphatic carbocycles. The standard InChI is InChI=1S/C8H7Cl2NO/c9-4-5-2-1-3-6(10)7(5)8(11)12/h1-3H,4H2,(H2,11,12). The first-order valence-corrected chi connectivity index (χ1v) is 4.21. The van der Waals surface area contributed by atoms with E-state index in [0.29, 0.717) is 16.1 Å². The zero-order valence-corrected chi connectivity index (χ0v) is 7.69. The summed E-state index contributed by atoms with van der Waals surface area (Å²) in [7, 11) is 0. The van der Waals surface area contributed by atoms with Crippen LogP contribution in [0.3, 0.4) is 0 Å². The number of benzene rings is 1. The minimum atomic E-state index is -0.545. The summed E-state index contributed by atoms with van der Waals surface area (Å²) in [4.78, 5) is 10.9. The number of carbonyl (C=O) groups excluding carboxylic acids is 1. The first-order chi connectivity index (χ1) is 5.66. The highest BCUT2D eigenvalue weighted by Gasteiger charge is 2.10. The molecule has 1 aromatic carbocycles. The summed E-state index contributed by atoms with van der Waals surface area (Å²) in [6.45, 7) is 0. The number of carbonyl (C=O) groups is 1. The molecule has 0 fully saturated rings. The van der Waals surface area contributed by atoms with E-state index in [2.05, 4.69) is 0 Å². The van der Waals surface area contributed by atoms with E-state index in [0.717, 1.165) is 0 Å². The van der Waals surface area contributed by atoms with Gasteiger partial charge in [-0.3, -0.25) is 4.79 Å². The van der Waals surface area contributed by atoms with Crippen molar-refractivity contribution in [1.82, 2.24) is 0 Å². The van der Waals surface area contributed by atoms with Crippen LogP contribution < -0.4 is 5.73 Å². The Morgan fingerprint density at radius 2 is 2.17 bits per heavy atom. The number of alkyl halides is 1. The molecule has 0 bridgehead atoms. The van der Waals surface area contributed by atoms with Crippen LogP contribution >= 0.6 is 23.2 Å². The Hall–Kier alpha value is -0.730. The van der Waals surface area contributed by atoms with E-state index >= 15 is 0 Å². The fourth-order valence-electron chi connectivity index (χ4n) is 0.956. The van der Waals surface area contributed by atoms with Gasteiger partial charge in [0, 0.05) is 5.88 Å². The van der Waals surface area contributed by atoms with E-state index in [9.17, 15) is 4.79 Å². The maximum Gasteiger partial charge on any atom is 0.250 e. The van der Waals surface area contributed by atoms with Gasteiger partial charge in [-0.15, -0.1) is 11.6 Å². The topological polar surface area (TPSA) is 43.1 Å². The molecule has 2 N–H and O–H groups in total. The number of primary amides is 1. The third-order valence-electron chi connectivity index (χ3n) is 1.49. The normalized spacial score (nSPS) is 9.83. The minimum absolute atomic E-state index is 0.235. The molecule has 64 valence electrons. The first kappa shape index (κ1) is 9.36. The predicted molar refractivity (Wildman–Crippen MR) is 49.5 cm³/mol. The minimum Gasteiger partial charge on any atom is -0.366 e. The monoisotopic (exact) mass is 203 g/mol. The Labute approximate surface area is 80.3 Å². The van der Waals surface area contributed by atoms with Gasteiger partial charge in [-0.05, 0) is 11.6 Å². The lowest BCUT2D eigenvalue weighted by molar-refractivity contribution is 0.1000. The maximum absolute atomic E-state index is 10.9. The average Bonchev–Trinajstić information content (AvgIpc) is 2.03. The van der Waals surface area contributed by atoms with Crippen LogP contribution in [0.2, 0.25) is 5.02 Å². The molecule has 1 rings (SSSR count). The zero-order chi connectivity index (χ0) is 9.14. The van der Waals surface area contributed by atoms with Crippen LogP contribution in [-0.2, 0) is 5.88 Å². The van der Waals surface area contributed by atoms with Crippen molar-refractivity contribution in [3.8, 4) is 0 Å². The van der Waals surface area contributed by atoms with Crippen molar-refractivity contribution in [2.75, 3.05) is 0 Å². The first-order valence-electron chi connectivity index (χ1n) is 3.30. The van der Waals surface area contributed by atoms with E-state index in [1.807, 2.05) is 0 Å². The molecule has 2 nitrogen and oxygen atoms in total. The molecule has 1 aromatic rings. The Bertz CT molecular complexity index is 312. The van der Waals surface area contributed by atoms with Gasteiger partial charge in [-0.2, -0.15) is 0 Å². The summed E-state index contributed by atoms with van der Waals surface area (Å²) in [5, 5.41) is 0.348. The van der Waals surface area contributed by atoms with Crippen molar-refractivity contribution >= 4 is 29.1 Å². The Balaban J connectivity index is 3.29. The molecule has 0 spiro atoms. The molecular formula is C8H7Cl2NO. The van der Waals surface area contributed by atoms with Crippen LogP contribution in [0.4, 0.5) is 0 Å². The predicted octanol–water partition coefficient (Wildman–Crippen LogP) is 2.18. The second kappa shape index (κ2) is 3.78. The molecule has 0 unspecified atom stereocenters. The summed E-state index contributed by atoms with van der Waals surface area (Å²) < 4.78 is 0. The number of rotatable bonds is 2. The number of amides is 1. The molecule has 4 heteroatoms. The quantitative estimate of drug-likeness (QED) is 0.737. The fourth-order valence-corrected chi connectivity index (χ4v) is 1.47. The van der Waals surface area contributed by atoms with Gasteiger partial charge in [-0.1, -0.05) is 23.7 Å². The van der Waals surface area contributed by atoms with Crippen LogP contribution in [0.5, 0.6) is 0 Å². The molecule has 0 aliphatic heterocycles. The average molecular weight is 204 g/mol. The second-order valence-electron chi connectivity index (χ2n) is 2.27. The molecule has 0 aliphatic rings. The highest BCUT2D eigenvalue weighted by atomic mass is 35.5. The number of halogens is 2. The Morgan fingerprint density at radius 3 is 2.58 bits per heavy atom. The summed E-state index contributed by atoms with van der Waals surface area (Å²) in [6, 6.07) is 5.06. The molecular weight excluding hydrogens is 197 g/mol. The molecule has 12 heavy (non-hydrogen) atoms. The Morgan fingerprint density at radius 1 is 1.50 bits per heavy atom. The number of nitrogens with two attached hydrogens (primary N) is 1. The van der Waals surface area contributed by atoms with Crippen molar-refractivity contribution < 1.29 is 4.79 Å². The fraction of sp³-hybridized carbons (Fsp3) is 0.125. The van der Waals surface area contributed by atoms with Crippen molar-refractivity contribution in [1.29, 1.82) is 0 Å². The third kappa shape index (κ3) is 1.71. The van der Waals surface area contributed by atoms with E-state index in [1.54, 1.807) is 18.2 Å². The third-order valence-corrected chi connectivity index (χ3v) is 2.09. The lowest BCUT2D eigenvalue weighted by Crippen LogP contribution is -2.13. The largest absolute Gasteiger partial charge is 0.366 e. The summed E-state index contributed by atoms with van der Waals surface area (Å²) in [6.07, 6.45) is 0. The van der Waals surface area contributed by atoms with E-state index in [1.165, 1.54) is 0 Å². The summed E-state index contributed by atoms with van der Waals surface area (Å²) in [5.41, 5.74) is 6.09. The van der Waals surface area contributed by atoms with Gasteiger partial charge >= 0.3 is 0 Å². The van der Waals surface area contributed by atoms with Crippen molar-refractivity contribution in [2.24, 2.45) is 5.73 Å². The highest BCUT2D eigenvalue weighted by Crippen LogP contribution is 2.20. The van der Waals surface area contributed by atoms with Gasteiger partial charge in [0.1, 0.15) is 0 Å². The SMILES string of the molecule is NC(=O)c1c(Cl)cccc1CCl. The van der Waals surface area contributed by atoms with Gasteiger partial charge in [0.2, 0.25) is 0 Å². The van der Waals surface area contributed by atoms with Gasteiger partial charge in [-0.25, -0.2) is 0 Å². The van der Waals surface area contributed by atoms with Gasteiger partial charge in [0.25, 0.3) is 5.91 Å². The molecule has 0 radical (unpaired) electrons. The number of hydrogen-bond acceptors (Lipinski definition) is 1. The molecule has 0 aromatic heterocycles. The van der Waals surface area contributed by atoms with Crippen LogP contribution in [0.1, 0.15) is 15.9 Å². The van der Waals surface area contributed by atoms with E-state index in [-0.39, 0.29) is 5.88 Å². The van der Waals surface area contributed by atoms with Crippen molar-refractivity contribution in [3.63, 3.8) is 0 Å². The van der Waals surface area contributed by atoms with Crippen molar-refractivity contribution in [2.45, 2.75) is 5.88 Å². The van der Waals surface area contributed by atoms with E-state index < -0.39 is 5.91 Å². The highest BCUT2D eigenvalue weighted by molar-refractivity contribution is 6.34. The van der Waals surface area contributed by atoms with Crippen LogP contribution in [-0.4, -0.2) is 5.91 Å². The summed E-state index contributed by atoms with van der Waals surface area (Å²) >= 11 is 11.3. The molecule has 0 saturated carbocycles. The molecule has 0 atom stereocenters. The lowest BCUT2D eigenvalue weighted by atomic mass is 10.1. The zero-order valence-electron chi connectivity index (χ0n) is 6.18. The van der Waals surface area contributed by atoms with Crippen LogP contribution in [0, 0.1) is 0 Å². The van der Waals surface area contributed by atoms with Gasteiger partial charge in [0.15, 0.2) is 0 Å². The molecule has 0 saturated heterocycles. The second-order valence-corrected chi connectivity index (χ2v) is 2.95. The molecule has 1 amide bonds. The maximum atomic E-state index is 10.9. The van der Waals surface area contributed by atoms with Crippen molar-refractivity contribution in [3.05, 3.63) is 34.3 Å². The summed E-state index contributed by atoms with van der Waals surface area (Å²) in [5.74, 6) is -0.310. The van der Waals surface area contributed by atoms with Crippen LogP contribution in [0.25, 0.3) is 0 Å². The van der Waals surface area contributed by atoms with Gasteiger partial charge in [0.05, 0.1) is 10.6 Å². The van der Waals surface area contributed by atoms with Crippen LogP contribution in [0.15, 0.2) is 18.2 Å². The molecule has 0 heterocycles. The van der Waals surface area contributed by atoms with E-state index in [4.69, 9.17) is 28.9 Å². The van der Waals surface area contributed by atoms with Gasteiger partial charge < -0.3 is 5.73 Å².